The van der Waals surface area contributed by atoms with E-state index in [0.717, 1.165) is 33.5 Å². The fourth-order valence-corrected chi connectivity index (χ4v) is 3.06. The lowest BCUT2D eigenvalue weighted by atomic mass is 10.00. The Labute approximate surface area is 169 Å². The molecule has 29 heavy (non-hydrogen) atoms. The van der Waals surface area contributed by atoms with Crippen LogP contribution in [0, 0.1) is 0 Å². The average molecular weight is 384 g/mol. The highest BCUT2D eigenvalue weighted by Gasteiger charge is 2.15. The summed E-state index contributed by atoms with van der Waals surface area (Å²) in [5.74, 6) is -0.492. The minimum absolute atomic E-state index is 0.265. The van der Waals surface area contributed by atoms with Crippen molar-refractivity contribution in [3.8, 4) is 11.3 Å². The lowest BCUT2D eigenvalue weighted by molar-refractivity contribution is 0.671. The highest BCUT2D eigenvalue weighted by atomic mass is 19.1. The minimum atomic E-state index is -0.492. The minimum Gasteiger partial charge on any atom is -0.264 e. The van der Waals surface area contributed by atoms with Crippen molar-refractivity contribution in [3.05, 3.63) is 91.9 Å². The molecule has 144 valence electrons. The van der Waals surface area contributed by atoms with E-state index in [1.165, 1.54) is 6.08 Å². The van der Waals surface area contributed by atoms with E-state index in [0.29, 0.717) is 11.3 Å². The van der Waals surface area contributed by atoms with E-state index >= 15 is 0 Å². The van der Waals surface area contributed by atoms with E-state index in [9.17, 15) is 4.39 Å². The Balaban J connectivity index is 0.00000117. The molecule has 0 spiro atoms. The molecule has 0 bridgehead atoms. The van der Waals surface area contributed by atoms with Crippen LogP contribution < -0.4 is 0 Å². The second kappa shape index (κ2) is 8.97. The third-order valence-corrected chi connectivity index (χ3v) is 4.32. The van der Waals surface area contributed by atoms with E-state index in [1.807, 2.05) is 44.2 Å². The first-order valence-corrected chi connectivity index (χ1v) is 9.33. The van der Waals surface area contributed by atoms with Gasteiger partial charge in [0.15, 0.2) is 5.65 Å². The predicted octanol–water partition coefficient (Wildman–Crippen LogP) is 6.32. The van der Waals surface area contributed by atoms with Crippen LogP contribution in [-0.2, 0) is 0 Å². The van der Waals surface area contributed by atoms with Crippen LogP contribution in [0.1, 0.15) is 19.5 Å². The van der Waals surface area contributed by atoms with Crippen LogP contribution in [0.5, 0.6) is 0 Å². The summed E-state index contributed by atoms with van der Waals surface area (Å²) in [6, 6.07) is 9.40. The molecule has 0 fully saturated rings. The molecule has 0 saturated heterocycles. The van der Waals surface area contributed by atoms with Crippen LogP contribution in [0.4, 0.5) is 4.39 Å². The third kappa shape index (κ3) is 3.80. The van der Waals surface area contributed by atoms with Crippen molar-refractivity contribution < 1.29 is 4.39 Å². The molecule has 4 heterocycles. The Hall–Kier alpha value is -3.73. The van der Waals surface area contributed by atoms with Gasteiger partial charge in [0.1, 0.15) is 5.83 Å². The predicted molar refractivity (Wildman–Crippen MR) is 118 cm³/mol. The first-order valence-electron chi connectivity index (χ1n) is 9.33. The molecule has 0 atom stereocenters. The standard InChI is InChI=1S/C22H15FN4.C2H6/c1-3-15(19(23)4-2)20-12-18(17-6-5-9-26-22(17)27-20)21-16-8-10-24-13-14(16)7-11-25-21;1-2/h3-13H,1-2H2;1-2H3/b19-15-;. The Bertz CT molecular complexity index is 1220. The Morgan fingerprint density at radius 2 is 1.79 bits per heavy atom. The summed E-state index contributed by atoms with van der Waals surface area (Å²) in [4.78, 5) is 17.6. The zero-order valence-electron chi connectivity index (χ0n) is 16.4. The molecule has 0 radical (unpaired) electrons. The number of nitrogens with zero attached hydrogens (tertiary/aromatic N) is 4. The first kappa shape index (κ1) is 20.0. The maximum absolute atomic E-state index is 14.3. The van der Waals surface area contributed by atoms with Crippen molar-refractivity contribution in [2.75, 3.05) is 0 Å². The van der Waals surface area contributed by atoms with E-state index in [4.69, 9.17) is 0 Å². The summed E-state index contributed by atoms with van der Waals surface area (Å²) in [7, 11) is 0. The van der Waals surface area contributed by atoms with Gasteiger partial charge >= 0.3 is 0 Å². The molecule has 4 rings (SSSR count). The van der Waals surface area contributed by atoms with Gasteiger partial charge in [-0.05, 0) is 36.4 Å². The molecule has 0 unspecified atom stereocenters. The Morgan fingerprint density at radius 1 is 0.966 bits per heavy atom. The van der Waals surface area contributed by atoms with Gasteiger partial charge in [0, 0.05) is 52.1 Å². The number of allylic oxidation sites excluding steroid dienone is 4. The first-order chi connectivity index (χ1) is 14.2. The summed E-state index contributed by atoms with van der Waals surface area (Å²) in [5.41, 5.74) is 2.78. The molecule has 0 saturated carbocycles. The molecular weight excluding hydrogens is 363 g/mol. The van der Waals surface area contributed by atoms with Gasteiger partial charge in [-0.3, -0.25) is 9.97 Å². The van der Waals surface area contributed by atoms with Crippen molar-refractivity contribution in [2.24, 2.45) is 0 Å². The second-order valence-electron chi connectivity index (χ2n) is 5.86. The summed E-state index contributed by atoms with van der Waals surface area (Å²) in [6.07, 6.45) is 9.47. The van der Waals surface area contributed by atoms with Crippen molar-refractivity contribution >= 4 is 27.4 Å². The average Bonchev–Trinajstić information content (AvgIpc) is 2.80. The van der Waals surface area contributed by atoms with E-state index in [1.54, 1.807) is 24.8 Å². The van der Waals surface area contributed by atoms with Crippen LogP contribution in [0.25, 0.3) is 38.6 Å². The highest BCUT2D eigenvalue weighted by molar-refractivity contribution is 6.02. The maximum atomic E-state index is 14.3. The number of hydrogen-bond acceptors (Lipinski definition) is 4. The number of fused-ring (bicyclic) bond motifs is 2. The zero-order chi connectivity index (χ0) is 20.8. The smallest absolute Gasteiger partial charge is 0.160 e. The summed E-state index contributed by atoms with van der Waals surface area (Å²) >= 11 is 0. The van der Waals surface area contributed by atoms with Gasteiger partial charge in [-0.1, -0.05) is 33.1 Å². The number of aromatic nitrogens is 4. The lowest BCUT2D eigenvalue weighted by Crippen LogP contribution is -1.96. The van der Waals surface area contributed by atoms with Crippen molar-refractivity contribution in [2.45, 2.75) is 13.8 Å². The van der Waals surface area contributed by atoms with Gasteiger partial charge in [-0.2, -0.15) is 0 Å². The van der Waals surface area contributed by atoms with E-state index in [2.05, 4.69) is 33.1 Å². The maximum Gasteiger partial charge on any atom is 0.160 e. The topological polar surface area (TPSA) is 51.6 Å². The molecule has 0 aliphatic heterocycles. The summed E-state index contributed by atoms with van der Waals surface area (Å²) in [6.45, 7) is 11.2. The molecule has 5 heteroatoms. The van der Waals surface area contributed by atoms with Crippen molar-refractivity contribution in [3.63, 3.8) is 0 Å². The van der Waals surface area contributed by atoms with Gasteiger partial charge in [0.05, 0.1) is 11.4 Å². The Morgan fingerprint density at radius 3 is 2.55 bits per heavy atom. The van der Waals surface area contributed by atoms with Crippen LogP contribution in [-0.4, -0.2) is 19.9 Å². The number of rotatable bonds is 4. The largest absolute Gasteiger partial charge is 0.264 e. The van der Waals surface area contributed by atoms with Crippen LogP contribution in [0.15, 0.2) is 86.3 Å². The van der Waals surface area contributed by atoms with E-state index in [-0.39, 0.29) is 5.57 Å². The molecule has 0 amide bonds. The van der Waals surface area contributed by atoms with Gasteiger partial charge in [-0.25, -0.2) is 14.4 Å². The molecule has 4 nitrogen and oxygen atoms in total. The Kier molecular flexibility index (Phi) is 6.19. The number of hydrogen-bond donors (Lipinski definition) is 0. The van der Waals surface area contributed by atoms with Gasteiger partial charge in [0.2, 0.25) is 0 Å². The fourth-order valence-electron chi connectivity index (χ4n) is 3.06. The van der Waals surface area contributed by atoms with Crippen LogP contribution >= 0.6 is 0 Å². The fraction of sp³-hybridized carbons (Fsp3) is 0.0833. The summed E-state index contributed by atoms with van der Waals surface area (Å²) < 4.78 is 14.3. The summed E-state index contributed by atoms with van der Waals surface area (Å²) in [5, 5.41) is 2.75. The lowest BCUT2D eigenvalue weighted by Gasteiger charge is -2.11. The van der Waals surface area contributed by atoms with Crippen LogP contribution in [0.2, 0.25) is 0 Å². The van der Waals surface area contributed by atoms with Crippen LogP contribution in [0.3, 0.4) is 0 Å². The molecular formula is C24H21FN4. The van der Waals surface area contributed by atoms with Crippen molar-refractivity contribution in [1.29, 1.82) is 0 Å². The molecule has 4 aromatic rings. The highest BCUT2D eigenvalue weighted by Crippen LogP contribution is 2.33. The van der Waals surface area contributed by atoms with E-state index < -0.39 is 5.83 Å². The monoisotopic (exact) mass is 384 g/mol. The number of halogens is 1. The normalized spacial score (nSPS) is 11.4. The van der Waals surface area contributed by atoms with Gasteiger partial charge in [0.25, 0.3) is 0 Å². The second-order valence-corrected chi connectivity index (χ2v) is 5.86. The number of pyridine rings is 4. The third-order valence-electron chi connectivity index (χ3n) is 4.32. The van der Waals surface area contributed by atoms with Crippen molar-refractivity contribution in [1.82, 2.24) is 19.9 Å². The molecule has 0 N–H and O–H groups in total. The van der Waals surface area contributed by atoms with Gasteiger partial charge in [-0.15, -0.1) is 0 Å². The molecule has 0 aromatic carbocycles. The van der Waals surface area contributed by atoms with Gasteiger partial charge < -0.3 is 0 Å². The zero-order valence-corrected chi connectivity index (χ0v) is 16.4. The SMILES string of the molecule is C=C/C(F)=C(\C=C)c1cc(-c2nccc3cnccc23)c2cccnc2n1.CC. The molecule has 4 aromatic heterocycles. The quantitative estimate of drug-likeness (QED) is 0.386. The molecule has 0 aliphatic rings. The molecule has 0 aliphatic carbocycles.